The van der Waals surface area contributed by atoms with Crippen molar-refractivity contribution in [1.82, 2.24) is 18.8 Å². The number of hydrogen-bond donors (Lipinski definition) is 2. The molecular formula is C22H31Cl2N5O6S2. The number of carbonyl (C=O) groups is 1. The highest BCUT2D eigenvalue weighted by Crippen LogP contribution is 2.32. The molecule has 0 radical (unpaired) electrons. The van der Waals surface area contributed by atoms with Crippen molar-refractivity contribution in [2.75, 3.05) is 52.1 Å². The van der Waals surface area contributed by atoms with Crippen LogP contribution in [0.25, 0.3) is 6.08 Å². The normalized spacial score (nSPS) is 20.4. The number of nitrogens with zero attached hydrogens (tertiary/aromatic N) is 3. The van der Waals surface area contributed by atoms with E-state index >= 15 is 0 Å². The molecule has 15 heteroatoms. The van der Waals surface area contributed by atoms with Gasteiger partial charge < -0.3 is 14.5 Å². The second kappa shape index (κ2) is 11.1. The molecule has 0 aromatic heterocycles. The number of sulfonamides is 2. The lowest BCUT2D eigenvalue weighted by atomic mass is 9.87. The topological polar surface area (TPSA) is 140 Å². The van der Waals surface area contributed by atoms with Gasteiger partial charge in [0.2, 0.25) is 26.0 Å². The van der Waals surface area contributed by atoms with Crippen molar-refractivity contribution in [2.45, 2.75) is 25.3 Å². The lowest BCUT2D eigenvalue weighted by Crippen LogP contribution is -2.63. The van der Waals surface area contributed by atoms with Crippen LogP contribution in [0.2, 0.25) is 5.02 Å². The zero-order valence-electron chi connectivity index (χ0n) is 20.6. The number of rotatable bonds is 6. The number of nitrogens with one attached hydrogen (secondary N) is 2. The van der Waals surface area contributed by atoms with Crippen molar-refractivity contribution >= 4 is 61.9 Å². The lowest BCUT2D eigenvalue weighted by molar-refractivity contribution is -0.135. The SMILES string of the molecule is CC(=N)N1CCC(CN2CCN(S(=O)(=O)C3=Cc4ccc(Cl)cc4OC3)CC2=O)(NS(C)(=O)=O)CC1.Cl. The van der Waals surface area contributed by atoms with Gasteiger partial charge in [0.25, 0.3) is 0 Å². The number of ether oxygens (including phenoxy) is 1. The fourth-order valence-corrected chi connectivity index (χ4v) is 7.45. The molecular weight excluding hydrogens is 565 g/mol. The highest BCUT2D eigenvalue weighted by Gasteiger charge is 2.42. The van der Waals surface area contributed by atoms with E-state index in [1.165, 1.54) is 11.0 Å². The number of benzene rings is 1. The smallest absolute Gasteiger partial charge is 0.243 e. The van der Waals surface area contributed by atoms with E-state index in [0.29, 0.717) is 48.1 Å². The maximum absolute atomic E-state index is 13.3. The third-order valence-corrected chi connectivity index (χ3v) is 9.64. The molecule has 0 saturated carbocycles. The van der Waals surface area contributed by atoms with Crippen LogP contribution in [-0.2, 0) is 24.8 Å². The Hall–Kier alpha value is -1.90. The van der Waals surface area contributed by atoms with Crippen LogP contribution in [0.5, 0.6) is 5.75 Å². The van der Waals surface area contributed by atoms with Gasteiger partial charge in [0.15, 0.2) is 0 Å². The molecule has 0 spiro atoms. The fourth-order valence-electron chi connectivity index (χ4n) is 4.81. The number of halogens is 2. The summed E-state index contributed by atoms with van der Waals surface area (Å²) in [6.07, 6.45) is 3.47. The van der Waals surface area contributed by atoms with E-state index in [9.17, 15) is 21.6 Å². The van der Waals surface area contributed by atoms with Crippen molar-refractivity contribution in [3.63, 3.8) is 0 Å². The standard InChI is InChI=1S/C22H30ClN5O6S2.ClH/c1-16(24)26-7-5-22(6-8-26,25-35(2,30)31)15-27-9-10-28(13-21(27)29)36(32,33)19-11-17-3-4-18(23)12-20(17)34-14-19;/h3-4,11-12,24-25H,5-10,13-15H2,1-2H3;1H. The largest absolute Gasteiger partial charge is 0.487 e. The number of fused-ring (bicyclic) bond motifs is 1. The fraction of sp³-hybridized carbons (Fsp3) is 0.545. The zero-order valence-corrected chi connectivity index (χ0v) is 23.8. The predicted molar refractivity (Wildman–Crippen MR) is 144 cm³/mol. The van der Waals surface area contributed by atoms with Gasteiger partial charge in [0.1, 0.15) is 12.4 Å². The van der Waals surface area contributed by atoms with E-state index in [1.54, 1.807) is 25.1 Å². The van der Waals surface area contributed by atoms with Gasteiger partial charge in [-0.3, -0.25) is 10.2 Å². The highest BCUT2D eigenvalue weighted by atomic mass is 35.5. The molecule has 2 fully saturated rings. The molecule has 0 unspecified atom stereocenters. The van der Waals surface area contributed by atoms with E-state index in [-0.39, 0.29) is 50.1 Å². The summed E-state index contributed by atoms with van der Waals surface area (Å²) in [7, 11) is -7.50. The molecule has 11 nitrogen and oxygen atoms in total. The quantitative estimate of drug-likeness (QED) is 0.373. The molecule has 1 amide bonds. The zero-order chi connectivity index (χ0) is 26.3. The summed E-state index contributed by atoms with van der Waals surface area (Å²) in [6.45, 7) is 2.52. The molecule has 1 aromatic rings. The third kappa shape index (κ3) is 6.76. The molecule has 4 rings (SSSR count). The van der Waals surface area contributed by atoms with Crippen molar-refractivity contribution in [2.24, 2.45) is 0 Å². The maximum atomic E-state index is 13.3. The predicted octanol–water partition coefficient (Wildman–Crippen LogP) is 1.35. The second-order valence-electron chi connectivity index (χ2n) is 9.46. The molecule has 3 heterocycles. The maximum Gasteiger partial charge on any atom is 0.243 e. The van der Waals surface area contributed by atoms with Crippen LogP contribution in [-0.4, -0.2) is 100 Å². The molecule has 0 bridgehead atoms. The number of piperazine rings is 1. The van der Waals surface area contributed by atoms with Crippen molar-refractivity contribution in [3.8, 4) is 5.75 Å². The molecule has 37 heavy (non-hydrogen) atoms. The van der Waals surface area contributed by atoms with Gasteiger partial charge >= 0.3 is 0 Å². The summed E-state index contributed by atoms with van der Waals surface area (Å²) in [6, 6.07) is 4.94. The summed E-state index contributed by atoms with van der Waals surface area (Å²) in [5, 5.41) is 8.32. The Morgan fingerprint density at radius 1 is 1.16 bits per heavy atom. The summed E-state index contributed by atoms with van der Waals surface area (Å²) >= 11 is 5.97. The first-order valence-electron chi connectivity index (χ1n) is 11.5. The third-order valence-electron chi connectivity index (χ3n) is 6.71. The molecule has 3 aliphatic rings. The van der Waals surface area contributed by atoms with Crippen molar-refractivity contribution in [3.05, 3.63) is 33.7 Å². The number of carbonyl (C=O) groups excluding carboxylic acids is 1. The minimum absolute atomic E-state index is 0. The molecule has 3 aliphatic heterocycles. The van der Waals surface area contributed by atoms with Crippen LogP contribution >= 0.6 is 24.0 Å². The Labute approximate surface area is 228 Å². The van der Waals surface area contributed by atoms with Crippen LogP contribution in [0, 0.1) is 5.41 Å². The number of likely N-dealkylation sites (tertiary alicyclic amines) is 1. The lowest BCUT2D eigenvalue weighted by Gasteiger charge is -2.46. The minimum Gasteiger partial charge on any atom is -0.487 e. The summed E-state index contributed by atoms with van der Waals surface area (Å²) in [4.78, 5) is 16.5. The molecule has 0 atom stereocenters. The molecule has 2 saturated heterocycles. The average Bonchev–Trinajstić information content (AvgIpc) is 2.79. The monoisotopic (exact) mass is 595 g/mol. The minimum atomic E-state index is -3.94. The van der Waals surface area contributed by atoms with Crippen LogP contribution in [0.4, 0.5) is 0 Å². The summed E-state index contributed by atoms with van der Waals surface area (Å²) < 4.78 is 60.2. The van der Waals surface area contributed by atoms with E-state index in [4.69, 9.17) is 21.7 Å². The number of amidine groups is 1. The summed E-state index contributed by atoms with van der Waals surface area (Å²) in [5.41, 5.74) is -0.282. The number of piperidine rings is 1. The van der Waals surface area contributed by atoms with Gasteiger partial charge in [-0.05, 0) is 44.0 Å². The number of hydrogen-bond acceptors (Lipinski definition) is 7. The van der Waals surface area contributed by atoms with Crippen LogP contribution in [0.1, 0.15) is 25.3 Å². The Kier molecular flexibility index (Phi) is 8.87. The first-order valence-corrected chi connectivity index (χ1v) is 15.2. The Morgan fingerprint density at radius 3 is 2.43 bits per heavy atom. The van der Waals surface area contributed by atoms with Crippen molar-refractivity contribution < 1.29 is 26.4 Å². The first-order chi connectivity index (χ1) is 16.8. The van der Waals surface area contributed by atoms with Gasteiger partial charge in [-0.25, -0.2) is 21.6 Å². The van der Waals surface area contributed by atoms with Gasteiger partial charge in [-0.15, -0.1) is 12.4 Å². The van der Waals surface area contributed by atoms with E-state index < -0.39 is 31.5 Å². The number of amides is 1. The highest BCUT2D eigenvalue weighted by molar-refractivity contribution is 7.93. The molecule has 206 valence electrons. The van der Waals surface area contributed by atoms with Gasteiger partial charge in [0.05, 0.1) is 29.1 Å². The van der Waals surface area contributed by atoms with Gasteiger partial charge in [-0.2, -0.15) is 4.31 Å². The average molecular weight is 597 g/mol. The second-order valence-corrected chi connectivity index (χ2v) is 13.6. The molecule has 0 aliphatic carbocycles. The molecule has 1 aromatic carbocycles. The van der Waals surface area contributed by atoms with Gasteiger partial charge in [-0.1, -0.05) is 11.6 Å². The van der Waals surface area contributed by atoms with E-state index in [1.807, 2.05) is 4.90 Å². The van der Waals surface area contributed by atoms with E-state index in [0.717, 1.165) is 10.6 Å². The molecule has 2 N–H and O–H groups in total. The van der Waals surface area contributed by atoms with E-state index in [2.05, 4.69) is 4.72 Å². The van der Waals surface area contributed by atoms with Crippen molar-refractivity contribution in [1.29, 1.82) is 5.41 Å². The first kappa shape index (κ1) is 29.7. The van der Waals surface area contributed by atoms with Crippen LogP contribution in [0.15, 0.2) is 23.1 Å². The van der Waals surface area contributed by atoms with Crippen LogP contribution in [0.3, 0.4) is 0 Å². The Morgan fingerprint density at radius 2 is 1.84 bits per heavy atom. The Bertz CT molecular complexity index is 1310. The van der Waals surface area contributed by atoms with Crippen LogP contribution < -0.4 is 9.46 Å². The Balaban J connectivity index is 0.00000380. The van der Waals surface area contributed by atoms with Gasteiger partial charge in [0, 0.05) is 43.3 Å². The summed E-state index contributed by atoms with van der Waals surface area (Å²) in [5.74, 6) is 0.509.